The average molecular weight is 357 g/mol. The number of carbonyl (C=O) groups excluding carboxylic acids is 2. The number of hydrogen-bond acceptors (Lipinski definition) is 4. The minimum absolute atomic E-state index is 0.00660. The van der Waals surface area contributed by atoms with Crippen LogP contribution in [0.2, 0.25) is 0 Å². The van der Waals surface area contributed by atoms with E-state index in [1.807, 2.05) is 0 Å². The summed E-state index contributed by atoms with van der Waals surface area (Å²) >= 11 is 0. The van der Waals surface area contributed by atoms with Crippen molar-refractivity contribution in [2.75, 3.05) is 6.61 Å². The third-order valence-corrected chi connectivity index (χ3v) is 6.31. The van der Waals surface area contributed by atoms with Crippen LogP contribution in [-0.4, -0.2) is 35.5 Å². The van der Waals surface area contributed by atoms with Gasteiger partial charge < -0.3 is 15.4 Å². The van der Waals surface area contributed by atoms with Gasteiger partial charge in [0.05, 0.1) is 6.20 Å². The van der Waals surface area contributed by atoms with Crippen molar-refractivity contribution >= 4 is 11.8 Å². The van der Waals surface area contributed by atoms with E-state index in [0.717, 1.165) is 25.7 Å². The Bertz CT molecular complexity index is 651. The molecule has 1 aromatic rings. The van der Waals surface area contributed by atoms with Gasteiger partial charge in [-0.1, -0.05) is 12.8 Å². The van der Waals surface area contributed by atoms with Gasteiger partial charge in [0.15, 0.2) is 6.61 Å². The highest BCUT2D eigenvalue weighted by Crippen LogP contribution is 2.44. The monoisotopic (exact) mass is 357 g/mol. The molecule has 1 aromatic heterocycles. The zero-order chi connectivity index (χ0) is 17.9. The lowest BCUT2D eigenvalue weighted by atomic mass is 9.63. The fourth-order valence-electron chi connectivity index (χ4n) is 5.14. The fourth-order valence-corrected chi connectivity index (χ4v) is 5.14. The van der Waals surface area contributed by atoms with Crippen LogP contribution in [0, 0.1) is 17.8 Å². The van der Waals surface area contributed by atoms with Crippen molar-refractivity contribution in [1.29, 1.82) is 0 Å². The Morgan fingerprint density at radius 2 is 2.12 bits per heavy atom. The Morgan fingerprint density at radius 1 is 1.23 bits per heavy atom. The van der Waals surface area contributed by atoms with E-state index in [1.54, 1.807) is 24.5 Å². The van der Waals surface area contributed by atoms with Crippen molar-refractivity contribution in [2.24, 2.45) is 17.8 Å². The van der Waals surface area contributed by atoms with Gasteiger partial charge in [-0.2, -0.15) is 0 Å². The van der Waals surface area contributed by atoms with Gasteiger partial charge in [0.2, 0.25) is 5.91 Å². The maximum Gasteiger partial charge on any atom is 0.258 e. The standard InChI is InChI=1S/C20H27N3O3/c24-19(12-26-14-4-3-9-21-11-14)22-13-7-8-16-15-5-1-2-6-17(15)20(25)23-18(16)10-13/h3-4,9,11,13,15-18H,1-2,5-8,10,12H2,(H,22,24)(H,23,25). The van der Waals surface area contributed by atoms with Gasteiger partial charge in [0.25, 0.3) is 5.91 Å². The molecule has 1 saturated heterocycles. The predicted molar refractivity (Wildman–Crippen MR) is 96.4 cm³/mol. The summed E-state index contributed by atoms with van der Waals surface area (Å²) in [4.78, 5) is 28.6. The van der Waals surface area contributed by atoms with Crippen LogP contribution in [0.5, 0.6) is 5.75 Å². The van der Waals surface area contributed by atoms with Crippen molar-refractivity contribution in [3.8, 4) is 5.75 Å². The van der Waals surface area contributed by atoms with Gasteiger partial charge in [-0.15, -0.1) is 0 Å². The van der Waals surface area contributed by atoms with Gasteiger partial charge in [-0.3, -0.25) is 14.6 Å². The minimum atomic E-state index is -0.116. The van der Waals surface area contributed by atoms with Crippen molar-refractivity contribution in [1.82, 2.24) is 15.6 Å². The van der Waals surface area contributed by atoms with E-state index in [4.69, 9.17) is 4.74 Å². The second-order valence-electron chi connectivity index (χ2n) is 7.89. The number of ether oxygens (including phenoxy) is 1. The highest BCUT2D eigenvalue weighted by molar-refractivity contribution is 5.80. The smallest absolute Gasteiger partial charge is 0.258 e. The minimum Gasteiger partial charge on any atom is -0.482 e. The Labute approximate surface area is 154 Å². The maximum absolute atomic E-state index is 12.4. The van der Waals surface area contributed by atoms with E-state index < -0.39 is 0 Å². The van der Waals surface area contributed by atoms with E-state index in [9.17, 15) is 9.59 Å². The molecule has 6 heteroatoms. The molecule has 4 rings (SSSR count). The Balaban J connectivity index is 1.29. The zero-order valence-corrected chi connectivity index (χ0v) is 15.0. The first-order valence-corrected chi connectivity index (χ1v) is 9.83. The van der Waals surface area contributed by atoms with Crippen LogP contribution in [0.25, 0.3) is 0 Å². The lowest BCUT2D eigenvalue weighted by molar-refractivity contribution is -0.136. The third-order valence-electron chi connectivity index (χ3n) is 6.31. The molecule has 2 saturated carbocycles. The SMILES string of the molecule is O=C(COc1cccnc1)NC1CCC2C(C1)NC(=O)C1CCCCC12. The summed E-state index contributed by atoms with van der Waals surface area (Å²) in [5.74, 6) is 2.07. The number of nitrogens with one attached hydrogen (secondary N) is 2. The molecule has 1 aliphatic heterocycles. The van der Waals surface area contributed by atoms with Gasteiger partial charge in [0.1, 0.15) is 5.75 Å². The van der Waals surface area contributed by atoms with E-state index in [-0.39, 0.29) is 36.4 Å². The molecule has 6 nitrogen and oxygen atoms in total. The van der Waals surface area contributed by atoms with Gasteiger partial charge >= 0.3 is 0 Å². The van der Waals surface area contributed by atoms with Crippen LogP contribution in [0.4, 0.5) is 0 Å². The molecule has 2 N–H and O–H groups in total. The van der Waals surface area contributed by atoms with Crippen LogP contribution in [0.3, 0.4) is 0 Å². The molecule has 2 heterocycles. The second-order valence-corrected chi connectivity index (χ2v) is 7.89. The highest BCUT2D eigenvalue weighted by Gasteiger charge is 2.46. The molecule has 26 heavy (non-hydrogen) atoms. The normalized spacial score (nSPS) is 33.4. The van der Waals surface area contributed by atoms with Crippen molar-refractivity contribution in [3.63, 3.8) is 0 Å². The number of rotatable bonds is 4. The summed E-state index contributed by atoms with van der Waals surface area (Å²) < 4.78 is 5.46. The van der Waals surface area contributed by atoms with E-state index >= 15 is 0 Å². The van der Waals surface area contributed by atoms with Crippen LogP contribution >= 0.6 is 0 Å². The van der Waals surface area contributed by atoms with E-state index in [2.05, 4.69) is 15.6 Å². The molecule has 2 amide bonds. The number of piperidine rings is 1. The zero-order valence-electron chi connectivity index (χ0n) is 15.0. The topological polar surface area (TPSA) is 80.3 Å². The first-order valence-electron chi connectivity index (χ1n) is 9.83. The molecule has 0 aromatic carbocycles. The van der Waals surface area contributed by atoms with Crippen molar-refractivity contribution in [3.05, 3.63) is 24.5 Å². The van der Waals surface area contributed by atoms with Crippen molar-refractivity contribution < 1.29 is 14.3 Å². The van der Waals surface area contributed by atoms with Crippen molar-refractivity contribution in [2.45, 2.75) is 57.0 Å². The first-order chi connectivity index (χ1) is 12.7. The molecule has 5 unspecified atom stereocenters. The summed E-state index contributed by atoms with van der Waals surface area (Å²) in [5, 5.41) is 6.32. The molecular formula is C20H27N3O3. The molecule has 2 aliphatic carbocycles. The third kappa shape index (κ3) is 3.69. The summed E-state index contributed by atoms with van der Waals surface area (Å²) in [6.07, 6.45) is 10.8. The van der Waals surface area contributed by atoms with E-state index in [1.165, 1.54) is 19.3 Å². The van der Waals surface area contributed by atoms with Gasteiger partial charge in [0, 0.05) is 24.2 Å². The first kappa shape index (κ1) is 17.3. The summed E-state index contributed by atoms with van der Waals surface area (Å²) in [7, 11) is 0. The largest absolute Gasteiger partial charge is 0.482 e. The average Bonchev–Trinajstić information content (AvgIpc) is 2.67. The Kier molecular flexibility index (Phi) is 5.09. The predicted octanol–water partition coefficient (Wildman–Crippen LogP) is 2.05. The fraction of sp³-hybridized carbons (Fsp3) is 0.650. The number of aromatic nitrogens is 1. The molecule has 3 aliphatic rings. The lowest BCUT2D eigenvalue weighted by Crippen LogP contribution is -2.59. The number of amides is 2. The molecule has 3 fully saturated rings. The highest BCUT2D eigenvalue weighted by atomic mass is 16.5. The number of fused-ring (bicyclic) bond motifs is 3. The van der Waals surface area contributed by atoms with E-state index in [0.29, 0.717) is 17.6 Å². The molecule has 0 spiro atoms. The van der Waals surface area contributed by atoms with Crippen LogP contribution in [0.1, 0.15) is 44.9 Å². The van der Waals surface area contributed by atoms with Crippen LogP contribution in [-0.2, 0) is 9.59 Å². The summed E-state index contributed by atoms with van der Waals surface area (Å²) in [6, 6.07) is 3.88. The maximum atomic E-state index is 12.4. The summed E-state index contributed by atoms with van der Waals surface area (Å²) in [5.41, 5.74) is 0. The Hall–Kier alpha value is -2.11. The number of nitrogens with zero attached hydrogens (tertiary/aromatic N) is 1. The molecule has 140 valence electrons. The van der Waals surface area contributed by atoms with Crippen LogP contribution < -0.4 is 15.4 Å². The Morgan fingerprint density at radius 3 is 2.96 bits per heavy atom. The number of pyridine rings is 1. The van der Waals surface area contributed by atoms with Crippen LogP contribution in [0.15, 0.2) is 24.5 Å². The molecular weight excluding hydrogens is 330 g/mol. The molecule has 0 bridgehead atoms. The number of hydrogen-bond donors (Lipinski definition) is 2. The van der Waals surface area contributed by atoms with Gasteiger partial charge in [-0.05, 0) is 56.1 Å². The lowest BCUT2D eigenvalue weighted by Gasteiger charge is -2.49. The number of carbonyl (C=O) groups is 2. The molecule has 0 radical (unpaired) electrons. The van der Waals surface area contributed by atoms with Gasteiger partial charge in [-0.25, -0.2) is 0 Å². The quantitative estimate of drug-likeness (QED) is 0.864. The second kappa shape index (κ2) is 7.64. The summed E-state index contributed by atoms with van der Waals surface area (Å²) in [6.45, 7) is -0.00660. The molecule has 5 atom stereocenters.